The Balaban J connectivity index is 1.44. The van der Waals surface area contributed by atoms with E-state index in [1.54, 1.807) is 6.26 Å². The highest BCUT2D eigenvalue weighted by Gasteiger charge is 2.19. The zero-order chi connectivity index (χ0) is 24.7. The van der Waals surface area contributed by atoms with Gasteiger partial charge in [0.15, 0.2) is 5.82 Å². The van der Waals surface area contributed by atoms with Crippen LogP contribution in [0.3, 0.4) is 0 Å². The van der Waals surface area contributed by atoms with E-state index in [-0.39, 0.29) is 11.9 Å². The maximum absolute atomic E-state index is 12.9. The summed E-state index contributed by atoms with van der Waals surface area (Å²) < 4.78 is 5.66. The van der Waals surface area contributed by atoms with Crippen molar-refractivity contribution in [2.24, 2.45) is 0 Å². The third kappa shape index (κ3) is 5.44. The van der Waals surface area contributed by atoms with Gasteiger partial charge in [0.2, 0.25) is 5.91 Å². The van der Waals surface area contributed by atoms with E-state index in [0.717, 1.165) is 33.6 Å². The van der Waals surface area contributed by atoms with Gasteiger partial charge < -0.3 is 14.6 Å². The van der Waals surface area contributed by atoms with Crippen molar-refractivity contribution >= 4 is 22.6 Å². The number of anilines is 1. The third-order valence-corrected chi connectivity index (χ3v) is 6.13. The average molecular weight is 477 g/mol. The number of rotatable bonds is 9. The van der Waals surface area contributed by atoms with Gasteiger partial charge in [0.05, 0.1) is 24.4 Å². The molecule has 3 aromatic carbocycles. The molecule has 2 aromatic heterocycles. The highest BCUT2D eigenvalue weighted by molar-refractivity contribution is 5.91. The van der Waals surface area contributed by atoms with Gasteiger partial charge in [-0.25, -0.2) is 9.97 Å². The number of hydrogen-bond donors (Lipinski definition) is 1. The molecule has 2 heterocycles. The monoisotopic (exact) mass is 476 g/mol. The zero-order valence-corrected chi connectivity index (χ0v) is 20.2. The summed E-state index contributed by atoms with van der Waals surface area (Å²) in [6.45, 7) is 2.96. The van der Waals surface area contributed by atoms with Crippen molar-refractivity contribution in [3.63, 3.8) is 0 Å². The van der Waals surface area contributed by atoms with Crippen molar-refractivity contribution in [3.8, 4) is 11.4 Å². The molecule has 0 saturated heterocycles. The fourth-order valence-corrected chi connectivity index (χ4v) is 4.24. The number of carbonyl (C=O) groups excluding carboxylic acids is 1. The van der Waals surface area contributed by atoms with Crippen LogP contribution in [-0.4, -0.2) is 22.4 Å². The van der Waals surface area contributed by atoms with E-state index in [2.05, 4.69) is 10.2 Å². The molecule has 0 unspecified atom stereocenters. The lowest BCUT2D eigenvalue weighted by Crippen LogP contribution is -2.32. The van der Waals surface area contributed by atoms with E-state index in [1.165, 1.54) is 0 Å². The molecule has 6 heteroatoms. The van der Waals surface area contributed by atoms with Gasteiger partial charge >= 0.3 is 0 Å². The Bertz CT molecular complexity index is 1420. The molecule has 0 aliphatic heterocycles. The lowest BCUT2D eigenvalue weighted by molar-refractivity contribution is -0.121. The minimum Gasteiger partial charge on any atom is -0.467 e. The van der Waals surface area contributed by atoms with Crippen LogP contribution in [0, 0.1) is 0 Å². The fraction of sp³-hybridized carbons (Fsp3) is 0.167. The van der Waals surface area contributed by atoms with E-state index >= 15 is 0 Å². The lowest BCUT2D eigenvalue weighted by atomic mass is 10.1. The van der Waals surface area contributed by atoms with Crippen LogP contribution in [0.4, 0.5) is 5.82 Å². The topological polar surface area (TPSA) is 71.3 Å². The molecule has 1 N–H and O–H groups in total. The fourth-order valence-electron chi connectivity index (χ4n) is 4.24. The zero-order valence-electron chi connectivity index (χ0n) is 20.2. The van der Waals surface area contributed by atoms with Crippen LogP contribution in [0.15, 0.2) is 108 Å². The first-order valence-electron chi connectivity index (χ1n) is 12.1. The van der Waals surface area contributed by atoms with E-state index in [1.807, 2.05) is 104 Å². The second-order valence-electron chi connectivity index (χ2n) is 8.70. The molecule has 0 saturated carbocycles. The number of fused-ring (bicyclic) bond motifs is 1. The molecule has 1 atom stereocenters. The molecule has 180 valence electrons. The number of nitrogens with one attached hydrogen (secondary N) is 1. The SMILES string of the molecule is C[C@H](NC(=O)CCN(Cc1ccco1)c1nc(-c2ccccc2)nc2ccccc12)c1ccccc1. The Labute approximate surface area is 210 Å². The van der Waals surface area contributed by atoms with Gasteiger partial charge in [-0.15, -0.1) is 0 Å². The summed E-state index contributed by atoms with van der Waals surface area (Å²) in [6, 6.07) is 31.6. The number of hydrogen-bond acceptors (Lipinski definition) is 5. The molecule has 0 aliphatic carbocycles. The number of benzene rings is 3. The van der Waals surface area contributed by atoms with Crippen LogP contribution in [0.25, 0.3) is 22.3 Å². The Morgan fingerprint density at radius 2 is 1.61 bits per heavy atom. The molecule has 0 spiro atoms. The van der Waals surface area contributed by atoms with E-state index < -0.39 is 0 Å². The summed E-state index contributed by atoms with van der Waals surface area (Å²) in [4.78, 5) is 24.8. The molecule has 1 amide bonds. The minimum atomic E-state index is -0.0678. The van der Waals surface area contributed by atoms with E-state index in [0.29, 0.717) is 25.3 Å². The van der Waals surface area contributed by atoms with Gasteiger partial charge in [0.1, 0.15) is 11.6 Å². The molecule has 0 aliphatic rings. The van der Waals surface area contributed by atoms with Crippen LogP contribution in [0.2, 0.25) is 0 Å². The molecule has 36 heavy (non-hydrogen) atoms. The van der Waals surface area contributed by atoms with Gasteiger partial charge in [0, 0.05) is 23.9 Å². The van der Waals surface area contributed by atoms with Gasteiger partial charge in [0.25, 0.3) is 0 Å². The Morgan fingerprint density at radius 1 is 0.889 bits per heavy atom. The summed E-state index contributed by atoms with van der Waals surface area (Å²) in [5, 5.41) is 4.05. The summed E-state index contributed by atoms with van der Waals surface area (Å²) in [6.07, 6.45) is 1.98. The first-order valence-corrected chi connectivity index (χ1v) is 12.1. The second-order valence-corrected chi connectivity index (χ2v) is 8.70. The molecule has 5 rings (SSSR count). The molecule has 0 radical (unpaired) electrons. The molecular formula is C30H28N4O2. The second kappa shape index (κ2) is 10.9. The first-order chi connectivity index (χ1) is 17.7. The van der Waals surface area contributed by atoms with E-state index in [9.17, 15) is 4.79 Å². The molecule has 0 fully saturated rings. The Kier molecular flexibility index (Phi) is 7.03. The quantitative estimate of drug-likeness (QED) is 0.276. The van der Waals surface area contributed by atoms with Crippen molar-refractivity contribution in [1.29, 1.82) is 0 Å². The predicted octanol–water partition coefficient (Wildman–Crippen LogP) is 6.16. The molecular weight excluding hydrogens is 448 g/mol. The summed E-state index contributed by atoms with van der Waals surface area (Å²) in [7, 11) is 0. The van der Waals surface area contributed by atoms with Crippen LogP contribution >= 0.6 is 0 Å². The summed E-state index contributed by atoms with van der Waals surface area (Å²) in [5.74, 6) is 2.21. The van der Waals surface area contributed by atoms with Gasteiger partial charge in [-0.3, -0.25) is 4.79 Å². The maximum Gasteiger partial charge on any atom is 0.222 e. The molecule has 6 nitrogen and oxygen atoms in total. The Hall–Kier alpha value is -4.45. The Morgan fingerprint density at radius 3 is 2.36 bits per heavy atom. The number of carbonyl (C=O) groups is 1. The number of furan rings is 1. The average Bonchev–Trinajstić information content (AvgIpc) is 3.44. The smallest absolute Gasteiger partial charge is 0.222 e. The van der Waals surface area contributed by atoms with Crippen LogP contribution in [0.1, 0.15) is 30.7 Å². The first kappa shape index (κ1) is 23.3. The largest absolute Gasteiger partial charge is 0.467 e. The predicted molar refractivity (Wildman–Crippen MR) is 142 cm³/mol. The van der Waals surface area contributed by atoms with Crippen molar-refractivity contribution in [2.45, 2.75) is 25.9 Å². The van der Waals surface area contributed by atoms with Crippen LogP contribution < -0.4 is 10.2 Å². The van der Waals surface area contributed by atoms with E-state index in [4.69, 9.17) is 14.4 Å². The standard InChI is InChI=1S/C30H28N4O2/c1-22(23-11-4-2-5-12-23)31-28(35)18-19-34(21-25-15-10-20-36-25)30-26-16-8-9-17-27(26)32-29(33-30)24-13-6-3-7-14-24/h2-17,20,22H,18-19,21H2,1H3,(H,31,35)/t22-/m0/s1. The van der Waals surface area contributed by atoms with Crippen molar-refractivity contribution < 1.29 is 9.21 Å². The maximum atomic E-state index is 12.9. The third-order valence-electron chi connectivity index (χ3n) is 6.13. The van der Waals surface area contributed by atoms with Gasteiger partial charge in [-0.05, 0) is 36.8 Å². The summed E-state index contributed by atoms with van der Waals surface area (Å²) >= 11 is 0. The highest BCUT2D eigenvalue weighted by Crippen LogP contribution is 2.29. The lowest BCUT2D eigenvalue weighted by Gasteiger charge is -2.25. The minimum absolute atomic E-state index is 0.0163. The number of amides is 1. The number of para-hydroxylation sites is 1. The van der Waals surface area contributed by atoms with Crippen LogP contribution in [-0.2, 0) is 11.3 Å². The van der Waals surface area contributed by atoms with Crippen molar-refractivity contribution in [3.05, 3.63) is 115 Å². The van der Waals surface area contributed by atoms with Crippen LogP contribution in [0.5, 0.6) is 0 Å². The summed E-state index contributed by atoms with van der Waals surface area (Å²) in [5.41, 5.74) is 2.87. The van der Waals surface area contributed by atoms with Gasteiger partial charge in [-0.1, -0.05) is 72.8 Å². The number of aromatic nitrogens is 2. The molecule has 0 bridgehead atoms. The highest BCUT2D eigenvalue weighted by atomic mass is 16.3. The number of nitrogens with zero attached hydrogens (tertiary/aromatic N) is 3. The van der Waals surface area contributed by atoms with Crippen molar-refractivity contribution in [2.75, 3.05) is 11.4 Å². The van der Waals surface area contributed by atoms with Gasteiger partial charge in [-0.2, -0.15) is 0 Å². The normalized spacial score (nSPS) is 11.8. The van der Waals surface area contributed by atoms with Crippen molar-refractivity contribution in [1.82, 2.24) is 15.3 Å². The molecule has 5 aromatic rings.